The van der Waals surface area contributed by atoms with Gasteiger partial charge in [-0.15, -0.1) is 0 Å². The Hall–Kier alpha value is -2.41. The van der Waals surface area contributed by atoms with Gasteiger partial charge in [0.05, 0.1) is 6.10 Å². The van der Waals surface area contributed by atoms with Crippen LogP contribution in [0.2, 0.25) is 0 Å². The number of benzene rings is 1. The van der Waals surface area contributed by atoms with E-state index in [0.717, 1.165) is 24.0 Å². The predicted molar refractivity (Wildman–Crippen MR) is 92.1 cm³/mol. The van der Waals surface area contributed by atoms with E-state index in [9.17, 15) is 9.90 Å². The number of hydrogen-bond acceptors (Lipinski definition) is 4. The molecule has 0 aliphatic heterocycles. The number of hydrogen-bond donors (Lipinski definition) is 4. The standard InChI is InChI=1S/C17H25N5O2/c1-3-13(4-2)15(23)10-19-17(24)18-9-12-6-5-7-14(8-12)16-20-11-21-22-16/h5-8,11,13,15,23H,3-4,9-10H2,1-2H3,(H2,18,19,24)(H,20,21,22). The number of aromatic nitrogens is 3. The molecule has 1 atom stereocenters. The van der Waals surface area contributed by atoms with Crippen LogP contribution in [0.1, 0.15) is 32.3 Å². The van der Waals surface area contributed by atoms with Crippen LogP contribution in [0.4, 0.5) is 4.79 Å². The molecule has 24 heavy (non-hydrogen) atoms. The number of amides is 2. The number of carbonyl (C=O) groups excluding carboxylic acids is 1. The molecule has 0 saturated carbocycles. The Morgan fingerprint density at radius 2 is 2.08 bits per heavy atom. The van der Waals surface area contributed by atoms with Crippen molar-refractivity contribution in [2.45, 2.75) is 39.3 Å². The van der Waals surface area contributed by atoms with E-state index in [0.29, 0.717) is 12.4 Å². The highest BCUT2D eigenvalue weighted by Crippen LogP contribution is 2.15. The van der Waals surface area contributed by atoms with Crippen molar-refractivity contribution in [1.82, 2.24) is 25.8 Å². The summed E-state index contributed by atoms with van der Waals surface area (Å²) in [6, 6.07) is 7.42. The first kappa shape index (κ1) is 17.9. The minimum Gasteiger partial charge on any atom is -0.391 e. The molecule has 7 heteroatoms. The van der Waals surface area contributed by atoms with Crippen LogP contribution in [0, 0.1) is 5.92 Å². The largest absolute Gasteiger partial charge is 0.391 e. The number of urea groups is 1. The maximum Gasteiger partial charge on any atom is 0.315 e. The zero-order valence-corrected chi connectivity index (χ0v) is 14.1. The highest BCUT2D eigenvalue weighted by molar-refractivity contribution is 5.73. The summed E-state index contributed by atoms with van der Waals surface area (Å²) in [7, 11) is 0. The number of aromatic amines is 1. The van der Waals surface area contributed by atoms with Crippen molar-refractivity contribution in [3.63, 3.8) is 0 Å². The average molecular weight is 331 g/mol. The van der Waals surface area contributed by atoms with Gasteiger partial charge in [-0.3, -0.25) is 5.10 Å². The second-order valence-electron chi connectivity index (χ2n) is 5.74. The summed E-state index contributed by atoms with van der Waals surface area (Å²) in [4.78, 5) is 16.0. The molecule has 2 aromatic rings. The van der Waals surface area contributed by atoms with Gasteiger partial charge in [0.1, 0.15) is 6.33 Å². The van der Waals surface area contributed by atoms with Crippen molar-refractivity contribution in [3.05, 3.63) is 36.2 Å². The Morgan fingerprint density at radius 1 is 1.29 bits per heavy atom. The van der Waals surface area contributed by atoms with E-state index in [-0.39, 0.29) is 18.5 Å². The lowest BCUT2D eigenvalue weighted by atomic mass is 9.97. The van der Waals surface area contributed by atoms with Crippen LogP contribution in [0.5, 0.6) is 0 Å². The van der Waals surface area contributed by atoms with E-state index in [2.05, 4.69) is 25.8 Å². The van der Waals surface area contributed by atoms with Gasteiger partial charge in [-0.25, -0.2) is 9.78 Å². The fraction of sp³-hybridized carbons (Fsp3) is 0.471. The predicted octanol–water partition coefficient (Wildman–Crippen LogP) is 2.07. The summed E-state index contributed by atoms with van der Waals surface area (Å²) >= 11 is 0. The third kappa shape index (κ3) is 5.06. The summed E-state index contributed by atoms with van der Waals surface area (Å²) < 4.78 is 0. The molecule has 1 heterocycles. The number of nitrogens with one attached hydrogen (secondary N) is 3. The van der Waals surface area contributed by atoms with Gasteiger partial charge in [-0.05, 0) is 17.5 Å². The molecule has 0 bridgehead atoms. The highest BCUT2D eigenvalue weighted by atomic mass is 16.3. The van der Waals surface area contributed by atoms with Crippen molar-refractivity contribution in [1.29, 1.82) is 0 Å². The Morgan fingerprint density at radius 3 is 2.75 bits per heavy atom. The van der Waals surface area contributed by atoms with E-state index in [4.69, 9.17) is 0 Å². The molecule has 4 N–H and O–H groups in total. The van der Waals surface area contributed by atoms with Crippen molar-refractivity contribution in [3.8, 4) is 11.4 Å². The number of aliphatic hydroxyl groups excluding tert-OH is 1. The second-order valence-corrected chi connectivity index (χ2v) is 5.74. The summed E-state index contributed by atoms with van der Waals surface area (Å²) in [6.45, 7) is 4.74. The SMILES string of the molecule is CCC(CC)C(O)CNC(=O)NCc1cccc(-c2ncn[nH]2)c1. The van der Waals surface area contributed by atoms with Gasteiger partial charge in [0.15, 0.2) is 5.82 Å². The van der Waals surface area contributed by atoms with E-state index in [1.807, 2.05) is 38.1 Å². The number of carbonyl (C=O) groups is 1. The number of nitrogens with zero attached hydrogens (tertiary/aromatic N) is 2. The van der Waals surface area contributed by atoms with Crippen molar-refractivity contribution >= 4 is 6.03 Å². The fourth-order valence-electron chi connectivity index (χ4n) is 2.61. The molecule has 0 aliphatic rings. The molecule has 0 fully saturated rings. The van der Waals surface area contributed by atoms with Gasteiger partial charge in [0.2, 0.25) is 0 Å². The Kier molecular flexibility index (Phi) is 6.74. The number of aliphatic hydroxyl groups is 1. The molecule has 1 aromatic carbocycles. The Labute approximate surface area is 141 Å². The quantitative estimate of drug-likeness (QED) is 0.594. The molecular formula is C17H25N5O2. The molecule has 2 rings (SSSR count). The molecule has 130 valence electrons. The van der Waals surface area contributed by atoms with Crippen LogP contribution in [0.3, 0.4) is 0 Å². The van der Waals surface area contributed by atoms with Gasteiger partial charge < -0.3 is 15.7 Å². The lowest BCUT2D eigenvalue weighted by Gasteiger charge is -2.20. The Bertz CT molecular complexity index is 626. The molecule has 0 spiro atoms. The summed E-state index contributed by atoms with van der Waals surface area (Å²) in [6.07, 6.45) is 2.74. The zero-order valence-electron chi connectivity index (χ0n) is 14.1. The monoisotopic (exact) mass is 331 g/mol. The number of H-pyrrole nitrogens is 1. The van der Waals surface area contributed by atoms with Gasteiger partial charge >= 0.3 is 6.03 Å². The van der Waals surface area contributed by atoms with Crippen molar-refractivity contribution in [2.24, 2.45) is 5.92 Å². The van der Waals surface area contributed by atoms with E-state index >= 15 is 0 Å². The van der Waals surface area contributed by atoms with Crippen LogP contribution in [0.15, 0.2) is 30.6 Å². The molecule has 1 aromatic heterocycles. The molecular weight excluding hydrogens is 306 g/mol. The van der Waals surface area contributed by atoms with Crippen LogP contribution in [0.25, 0.3) is 11.4 Å². The maximum absolute atomic E-state index is 11.9. The minimum absolute atomic E-state index is 0.212. The summed E-state index contributed by atoms with van der Waals surface area (Å²) in [5, 5.41) is 22.2. The van der Waals surface area contributed by atoms with Gasteiger partial charge in [-0.2, -0.15) is 5.10 Å². The summed E-state index contributed by atoms with van der Waals surface area (Å²) in [5.41, 5.74) is 1.87. The maximum atomic E-state index is 11.9. The van der Waals surface area contributed by atoms with Crippen LogP contribution in [-0.4, -0.2) is 39.0 Å². The number of rotatable bonds is 8. The van der Waals surface area contributed by atoms with Crippen molar-refractivity contribution in [2.75, 3.05) is 6.54 Å². The topological polar surface area (TPSA) is 103 Å². The van der Waals surface area contributed by atoms with Gasteiger partial charge in [0.25, 0.3) is 0 Å². The first-order chi connectivity index (χ1) is 11.6. The first-order valence-electron chi connectivity index (χ1n) is 8.28. The minimum atomic E-state index is -0.513. The molecule has 0 radical (unpaired) electrons. The molecule has 1 unspecified atom stereocenters. The molecule has 0 saturated heterocycles. The third-order valence-corrected chi connectivity index (χ3v) is 4.13. The fourth-order valence-corrected chi connectivity index (χ4v) is 2.61. The lowest BCUT2D eigenvalue weighted by molar-refractivity contribution is 0.103. The molecule has 0 aliphatic carbocycles. The molecule has 7 nitrogen and oxygen atoms in total. The van der Waals surface area contributed by atoms with Gasteiger partial charge in [-0.1, -0.05) is 44.9 Å². The highest BCUT2D eigenvalue weighted by Gasteiger charge is 2.16. The van der Waals surface area contributed by atoms with Crippen LogP contribution in [-0.2, 0) is 6.54 Å². The van der Waals surface area contributed by atoms with E-state index < -0.39 is 6.10 Å². The van der Waals surface area contributed by atoms with E-state index in [1.165, 1.54) is 6.33 Å². The van der Waals surface area contributed by atoms with E-state index in [1.54, 1.807) is 0 Å². The van der Waals surface area contributed by atoms with Crippen LogP contribution < -0.4 is 10.6 Å². The lowest BCUT2D eigenvalue weighted by Crippen LogP contribution is -2.41. The first-order valence-corrected chi connectivity index (χ1v) is 8.28. The normalized spacial score (nSPS) is 12.2. The van der Waals surface area contributed by atoms with Crippen molar-refractivity contribution < 1.29 is 9.90 Å². The second kappa shape index (κ2) is 9.02. The summed E-state index contributed by atoms with van der Waals surface area (Å²) in [5.74, 6) is 0.901. The Balaban J connectivity index is 1.81. The third-order valence-electron chi connectivity index (χ3n) is 4.13. The molecule has 2 amide bonds. The smallest absolute Gasteiger partial charge is 0.315 e. The van der Waals surface area contributed by atoms with Crippen LogP contribution >= 0.6 is 0 Å². The average Bonchev–Trinajstić information content (AvgIpc) is 3.14. The zero-order chi connectivity index (χ0) is 17.4. The van der Waals surface area contributed by atoms with Gasteiger partial charge in [0, 0.05) is 18.7 Å².